The highest BCUT2D eigenvalue weighted by Gasteiger charge is 2.38. The molecule has 0 unspecified atom stereocenters. The van der Waals surface area contributed by atoms with Crippen molar-refractivity contribution >= 4 is 23.1 Å². The van der Waals surface area contributed by atoms with E-state index in [-0.39, 0.29) is 5.91 Å². The fraction of sp³-hybridized carbons (Fsp3) is 0.538. The van der Waals surface area contributed by atoms with E-state index >= 15 is 0 Å². The number of furan rings is 1. The molecule has 0 atom stereocenters. The summed E-state index contributed by atoms with van der Waals surface area (Å²) < 4.78 is 5.33. The molecule has 1 aromatic rings. The van der Waals surface area contributed by atoms with Crippen molar-refractivity contribution < 1.29 is 9.21 Å². The summed E-state index contributed by atoms with van der Waals surface area (Å²) in [6, 6.07) is 3.42. The van der Waals surface area contributed by atoms with E-state index in [1.807, 2.05) is 7.05 Å². The summed E-state index contributed by atoms with van der Waals surface area (Å²) in [6.45, 7) is 3.51. The minimum absolute atomic E-state index is 0.259. The van der Waals surface area contributed by atoms with Crippen molar-refractivity contribution in [3.8, 4) is 0 Å². The van der Waals surface area contributed by atoms with E-state index in [1.165, 1.54) is 0 Å². The largest absolute Gasteiger partial charge is 0.456 e. The Kier molecular flexibility index (Phi) is 3.91. The van der Waals surface area contributed by atoms with Gasteiger partial charge in [0, 0.05) is 13.1 Å². The van der Waals surface area contributed by atoms with Crippen molar-refractivity contribution in [3.63, 3.8) is 0 Å². The van der Waals surface area contributed by atoms with Crippen LogP contribution in [-0.4, -0.2) is 41.5 Å². The van der Waals surface area contributed by atoms with Gasteiger partial charge in [0.2, 0.25) is 0 Å². The standard InChI is InChI=1S/C13H19N3O2S/c1-9-3-4-10(18-9)11(17)15-13(12(14)19)5-7-16(2)8-6-13/h3-4H,5-8H2,1-2H3,(H2,14,19)(H,15,17). The molecule has 1 aromatic heterocycles. The number of nitrogens with one attached hydrogen (secondary N) is 1. The van der Waals surface area contributed by atoms with Crippen LogP contribution in [0.15, 0.2) is 16.5 Å². The summed E-state index contributed by atoms with van der Waals surface area (Å²) in [5.74, 6) is 0.746. The summed E-state index contributed by atoms with van der Waals surface area (Å²) in [5.41, 5.74) is 5.25. The number of aryl methyl sites for hydroxylation is 1. The van der Waals surface area contributed by atoms with Crippen LogP contribution in [0.2, 0.25) is 0 Å². The Balaban J connectivity index is 2.13. The van der Waals surface area contributed by atoms with Crippen LogP contribution in [0.25, 0.3) is 0 Å². The molecule has 1 saturated heterocycles. The Morgan fingerprint density at radius 3 is 2.58 bits per heavy atom. The quantitative estimate of drug-likeness (QED) is 0.811. The van der Waals surface area contributed by atoms with Gasteiger partial charge in [0.15, 0.2) is 5.76 Å². The summed E-state index contributed by atoms with van der Waals surface area (Å²) in [4.78, 5) is 14.7. The lowest BCUT2D eigenvalue weighted by Gasteiger charge is -2.40. The highest BCUT2D eigenvalue weighted by Crippen LogP contribution is 2.23. The second-order valence-corrected chi connectivity index (χ2v) is 5.55. The number of likely N-dealkylation sites (tertiary alicyclic amines) is 1. The lowest BCUT2D eigenvalue weighted by atomic mass is 9.87. The van der Waals surface area contributed by atoms with Crippen molar-refractivity contribution in [1.82, 2.24) is 10.2 Å². The van der Waals surface area contributed by atoms with Gasteiger partial charge in [-0.25, -0.2) is 0 Å². The van der Waals surface area contributed by atoms with E-state index < -0.39 is 5.54 Å². The normalized spacial score (nSPS) is 19.1. The van der Waals surface area contributed by atoms with Crippen molar-refractivity contribution in [2.75, 3.05) is 20.1 Å². The average Bonchev–Trinajstić information content (AvgIpc) is 2.79. The highest BCUT2D eigenvalue weighted by atomic mass is 32.1. The van der Waals surface area contributed by atoms with Gasteiger partial charge in [-0.3, -0.25) is 4.79 Å². The molecule has 0 spiro atoms. The SMILES string of the molecule is Cc1ccc(C(=O)NC2(C(N)=S)CCN(C)CC2)o1. The fourth-order valence-electron chi connectivity index (χ4n) is 2.27. The van der Waals surface area contributed by atoms with E-state index in [2.05, 4.69) is 10.2 Å². The van der Waals surface area contributed by atoms with Crippen LogP contribution in [-0.2, 0) is 0 Å². The molecule has 0 aromatic carbocycles. The average molecular weight is 281 g/mol. The Bertz CT molecular complexity index is 490. The van der Waals surface area contributed by atoms with E-state index in [4.69, 9.17) is 22.4 Å². The van der Waals surface area contributed by atoms with Gasteiger partial charge >= 0.3 is 0 Å². The Labute approximate surface area is 118 Å². The molecule has 1 fully saturated rings. The molecule has 5 nitrogen and oxygen atoms in total. The van der Waals surface area contributed by atoms with E-state index in [0.717, 1.165) is 25.9 Å². The molecule has 1 aliphatic heterocycles. The monoisotopic (exact) mass is 281 g/mol. The van der Waals surface area contributed by atoms with Crippen molar-refractivity contribution in [2.45, 2.75) is 25.3 Å². The van der Waals surface area contributed by atoms with Crippen LogP contribution in [0, 0.1) is 6.92 Å². The van der Waals surface area contributed by atoms with Crippen molar-refractivity contribution in [3.05, 3.63) is 23.7 Å². The van der Waals surface area contributed by atoms with Crippen LogP contribution in [0.3, 0.4) is 0 Å². The number of hydrogen-bond acceptors (Lipinski definition) is 4. The van der Waals surface area contributed by atoms with Gasteiger partial charge < -0.3 is 20.4 Å². The van der Waals surface area contributed by atoms with Crippen LogP contribution in [0.1, 0.15) is 29.2 Å². The molecule has 0 saturated carbocycles. The molecule has 6 heteroatoms. The molecule has 2 rings (SSSR count). The van der Waals surface area contributed by atoms with Crippen LogP contribution in [0.4, 0.5) is 0 Å². The van der Waals surface area contributed by atoms with Crippen molar-refractivity contribution in [1.29, 1.82) is 0 Å². The van der Waals surface area contributed by atoms with Crippen molar-refractivity contribution in [2.24, 2.45) is 5.73 Å². The molecule has 0 aliphatic carbocycles. The van der Waals surface area contributed by atoms with Gasteiger partial charge in [-0.2, -0.15) is 0 Å². The Morgan fingerprint density at radius 1 is 1.47 bits per heavy atom. The first kappa shape index (κ1) is 14.0. The zero-order valence-corrected chi connectivity index (χ0v) is 12.0. The maximum Gasteiger partial charge on any atom is 0.287 e. The number of nitrogens with zero attached hydrogens (tertiary/aromatic N) is 1. The zero-order valence-electron chi connectivity index (χ0n) is 11.2. The molecule has 2 heterocycles. The lowest BCUT2D eigenvalue weighted by Crippen LogP contribution is -2.61. The van der Waals surface area contributed by atoms with E-state index in [0.29, 0.717) is 16.5 Å². The third kappa shape index (κ3) is 2.96. The Hall–Kier alpha value is -1.40. The zero-order chi connectivity index (χ0) is 14.0. The number of nitrogens with two attached hydrogens (primary N) is 1. The topological polar surface area (TPSA) is 71.5 Å². The molecular weight excluding hydrogens is 262 g/mol. The van der Waals surface area contributed by atoms with Gasteiger partial charge in [-0.05, 0) is 38.9 Å². The molecule has 1 amide bonds. The summed E-state index contributed by atoms with van der Waals surface area (Å²) in [5, 5.41) is 2.96. The first-order chi connectivity index (χ1) is 8.93. The second-order valence-electron chi connectivity index (χ2n) is 5.11. The summed E-state index contributed by atoms with van der Waals surface area (Å²) in [6.07, 6.45) is 1.45. The lowest BCUT2D eigenvalue weighted by molar-refractivity contribution is 0.0860. The minimum atomic E-state index is -0.598. The molecule has 19 heavy (non-hydrogen) atoms. The molecule has 1 aliphatic rings. The van der Waals surface area contributed by atoms with Gasteiger partial charge in [-0.1, -0.05) is 12.2 Å². The predicted octanol–water partition coefficient (Wildman–Crippen LogP) is 1.07. The molecule has 0 radical (unpaired) electrons. The summed E-state index contributed by atoms with van der Waals surface area (Å²) in [7, 11) is 2.04. The van der Waals surface area contributed by atoms with Gasteiger partial charge in [-0.15, -0.1) is 0 Å². The first-order valence-corrected chi connectivity index (χ1v) is 6.71. The second kappa shape index (κ2) is 5.30. The molecule has 3 N–H and O–H groups in total. The maximum absolute atomic E-state index is 12.2. The molecular formula is C13H19N3O2S. The smallest absolute Gasteiger partial charge is 0.287 e. The Morgan fingerprint density at radius 2 is 2.11 bits per heavy atom. The third-order valence-corrected chi connectivity index (χ3v) is 4.02. The number of hydrogen-bond donors (Lipinski definition) is 2. The number of carbonyl (C=O) groups excluding carboxylic acids is 1. The fourth-order valence-corrected chi connectivity index (χ4v) is 2.52. The number of amides is 1. The summed E-state index contributed by atoms with van der Waals surface area (Å²) >= 11 is 5.15. The molecule has 104 valence electrons. The maximum atomic E-state index is 12.2. The van der Waals surface area contributed by atoms with Gasteiger partial charge in [0.25, 0.3) is 5.91 Å². The first-order valence-electron chi connectivity index (χ1n) is 6.30. The van der Waals surface area contributed by atoms with E-state index in [9.17, 15) is 4.79 Å². The number of rotatable bonds is 3. The van der Waals surface area contributed by atoms with Crippen LogP contribution >= 0.6 is 12.2 Å². The number of thiocarbonyl (C=S) groups is 1. The highest BCUT2D eigenvalue weighted by molar-refractivity contribution is 7.80. The van der Waals surface area contributed by atoms with Crippen LogP contribution in [0.5, 0.6) is 0 Å². The molecule has 0 bridgehead atoms. The minimum Gasteiger partial charge on any atom is -0.456 e. The number of piperidine rings is 1. The van der Waals surface area contributed by atoms with Crippen LogP contribution < -0.4 is 11.1 Å². The third-order valence-electron chi connectivity index (χ3n) is 3.63. The van der Waals surface area contributed by atoms with Gasteiger partial charge in [0.05, 0.1) is 10.5 Å². The number of carbonyl (C=O) groups is 1. The van der Waals surface area contributed by atoms with E-state index in [1.54, 1.807) is 19.1 Å². The van der Waals surface area contributed by atoms with Gasteiger partial charge in [0.1, 0.15) is 5.76 Å². The predicted molar refractivity (Wildman–Crippen MR) is 77.2 cm³/mol.